The number of nitrogens with zero attached hydrogens (tertiary/aromatic N) is 1. The highest BCUT2D eigenvalue weighted by molar-refractivity contribution is 6.15. The number of ether oxygens (including phenoxy) is 2. The van der Waals surface area contributed by atoms with Crippen LogP contribution in [0.15, 0.2) is 66.2 Å². The Kier molecular flexibility index (Phi) is 5.53. The summed E-state index contributed by atoms with van der Waals surface area (Å²) in [6.45, 7) is 2.39. The molecule has 0 aliphatic carbocycles. The maximum atomic E-state index is 12.9. The molecule has 0 aliphatic heterocycles. The zero-order valence-corrected chi connectivity index (χ0v) is 15.2. The number of carbonyl (C=O) groups excluding carboxylic acids is 1. The number of methoxy groups -OCH3 is 1. The number of Topliss-reactive ketones (excluding diaryl/α,β-unsaturated/α-hetero) is 1. The summed E-state index contributed by atoms with van der Waals surface area (Å²) in [5.41, 5.74) is 1.17. The highest BCUT2D eigenvalue weighted by Crippen LogP contribution is 2.31. The predicted octanol–water partition coefficient (Wildman–Crippen LogP) is 5.04. The second kappa shape index (κ2) is 8.20. The Morgan fingerprint density at radius 1 is 1.11 bits per heavy atom. The number of carbonyl (C=O) groups is 1. The first-order chi connectivity index (χ1) is 13.2. The highest BCUT2D eigenvalue weighted by atomic mass is 16.5. The summed E-state index contributed by atoms with van der Waals surface area (Å²) in [5, 5.41) is 11.6. The molecule has 0 unspecified atom stereocenters. The van der Waals surface area contributed by atoms with Crippen LogP contribution in [0, 0.1) is 11.3 Å². The molecular weight excluding hydrogens is 338 g/mol. The van der Waals surface area contributed by atoms with Gasteiger partial charge in [0.25, 0.3) is 0 Å². The molecule has 0 bridgehead atoms. The molecule has 134 valence electrons. The smallest absolute Gasteiger partial charge is 0.203 e. The van der Waals surface area contributed by atoms with Gasteiger partial charge in [0, 0.05) is 11.1 Å². The minimum absolute atomic E-state index is 0.0422. The van der Waals surface area contributed by atoms with Crippen molar-refractivity contribution >= 4 is 22.6 Å². The molecule has 0 radical (unpaired) electrons. The van der Waals surface area contributed by atoms with Crippen LogP contribution in [0.5, 0.6) is 11.5 Å². The third-order valence-corrected chi connectivity index (χ3v) is 4.22. The van der Waals surface area contributed by atoms with Crippen molar-refractivity contribution in [2.24, 2.45) is 0 Å². The van der Waals surface area contributed by atoms with Gasteiger partial charge in [-0.25, -0.2) is 0 Å². The van der Waals surface area contributed by atoms with Crippen LogP contribution in [-0.4, -0.2) is 19.5 Å². The molecule has 0 spiro atoms. The van der Waals surface area contributed by atoms with Gasteiger partial charge in [0.2, 0.25) is 5.78 Å². The molecule has 0 fully saturated rings. The van der Waals surface area contributed by atoms with Crippen molar-refractivity contribution in [1.82, 2.24) is 0 Å². The molecule has 0 N–H and O–H groups in total. The minimum Gasteiger partial charge on any atom is -0.497 e. The Bertz CT molecular complexity index is 1060. The van der Waals surface area contributed by atoms with E-state index in [9.17, 15) is 10.1 Å². The summed E-state index contributed by atoms with van der Waals surface area (Å²) in [7, 11) is 1.54. The maximum absolute atomic E-state index is 12.9. The monoisotopic (exact) mass is 357 g/mol. The average Bonchev–Trinajstić information content (AvgIpc) is 2.72. The lowest BCUT2D eigenvalue weighted by atomic mass is 9.98. The first-order valence-electron chi connectivity index (χ1n) is 8.63. The quantitative estimate of drug-likeness (QED) is 0.352. The second-order valence-electron chi connectivity index (χ2n) is 5.86. The Morgan fingerprint density at radius 2 is 1.93 bits per heavy atom. The second-order valence-corrected chi connectivity index (χ2v) is 5.86. The summed E-state index contributed by atoms with van der Waals surface area (Å²) in [4.78, 5) is 12.9. The molecule has 0 saturated heterocycles. The van der Waals surface area contributed by atoms with Gasteiger partial charge in [0.05, 0.1) is 13.7 Å². The first-order valence-corrected chi connectivity index (χ1v) is 8.63. The van der Waals surface area contributed by atoms with Crippen molar-refractivity contribution in [2.45, 2.75) is 6.92 Å². The van der Waals surface area contributed by atoms with Gasteiger partial charge in [-0.3, -0.25) is 4.79 Å². The van der Waals surface area contributed by atoms with Gasteiger partial charge in [-0.2, -0.15) is 5.26 Å². The number of hydrogen-bond acceptors (Lipinski definition) is 4. The van der Waals surface area contributed by atoms with Crippen LogP contribution in [0.4, 0.5) is 0 Å². The first kappa shape index (κ1) is 18.2. The topological polar surface area (TPSA) is 59.3 Å². The number of fused-ring (bicyclic) bond motifs is 1. The number of allylic oxidation sites excluding steroid dienone is 1. The fraction of sp³-hybridized carbons (Fsp3) is 0.130. The van der Waals surface area contributed by atoms with Crippen molar-refractivity contribution in [3.05, 3.63) is 77.4 Å². The number of nitriles is 1. The summed E-state index contributed by atoms with van der Waals surface area (Å²) >= 11 is 0. The van der Waals surface area contributed by atoms with Crippen LogP contribution >= 0.6 is 0 Å². The number of hydrogen-bond donors (Lipinski definition) is 0. The van der Waals surface area contributed by atoms with Gasteiger partial charge >= 0.3 is 0 Å². The van der Waals surface area contributed by atoms with Gasteiger partial charge in [-0.05, 0) is 42.0 Å². The molecule has 27 heavy (non-hydrogen) atoms. The van der Waals surface area contributed by atoms with Crippen LogP contribution < -0.4 is 9.47 Å². The van der Waals surface area contributed by atoms with Crippen LogP contribution in [0.3, 0.4) is 0 Å². The van der Waals surface area contributed by atoms with E-state index in [1.54, 1.807) is 30.3 Å². The van der Waals surface area contributed by atoms with E-state index in [1.165, 1.54) is 7.11 Å². The summed E-state index contributed by atoms with van der Waals surface area (Å²) in [6.07, 6.45) is 1.61. The van der Waals surface area contributed by atoms with Crippen molar-refractivity contribution in [3.8, 4) is 17.6 Å². The standard InChI is InChI=1S/C23H19NO3/c1-3-27-22-12-11-16-7-4-5-10-20(16)21(22)14-18(15-24)23(25)17-8-6-9-19(13-17)26-2/h4-14H,3H2,1-2H3/b18-14+. The average molecular weight is 357 g/mol. The van der Waals surface area contributed by atoms with E-state index in [0.29, 0.717) is 23.7 Å². The summed E-state index contributed by atoms with van der Waals surface area (Å²) < 4.78 is 10.9. The fourth-order valence-corrected chi connectivity index (χ4v) is 2.92. The summed E-state index contributed by atoms with van der Waals surface area (Å²) in [5.74, 6) is 0.854. The van der Waals surface area contributed by atoms with E-state index in [-0.39, 0.29) is 11.4 Å². The van der Waals surface area contributed by atoms with Crippen molar-refractivity contribution in [3.63, 3.8) is 0 Å². The van der Waals surface area contributed by atoms with Crippen LogP contribution in [-0.2, 0) is 0 Å². The molecule has 3 rings (SSSR count). The third-order valence-electron chi connectivity index (χ3n) is 4.22. The van der Waals surface area contributed by atoms with Gasteiger partial charge in [0.15, 0.2) is 0 Å². The fourth-order valence-electron chi connectivity index (χ4n) is 2.92. The zero-order valence-electron chi connectivity index (χ0n) is 15.2. The SMILES string of the molecule is CCOc1ccc2ccccc2c1/C=C(\C#N)C(=O)c1cccc(OC)c1. The third kappa shape index (κ3) is 3.83. The number of ketones is 1. The highest BCUT2D eigenvalue weighted by Gasteiger charge is 2.15. The zero-order chi connectivity index (χ0) is 19.2. The van der Waals surface area contributed by atoms with Crippen molar-refractivity contribution in [2.75, 3.05) is 13.7 Å². The van der Waals surface area contributed by atoms with Crippen molar-refractivity contribution < 1.29 is 14.3 Å². The predicted molar refractivity (Wildman–Crippen MR) is 106 cm³/mol. The van der Waals surface area contributed by atoms with Crippen LogP contribution in [0.2, 0.25) is 0 Å². The molecule has 3 aromatic rings. The van der Waals surface area contributed by atoms with Gasteiger partial charge in [-0.15, -0.1) is 0 Å². The van der Waals surface area contributed by atoms with E-state index < -0.39 is 0 Å². The molecule has 0 atom stereocenters. The normalized spacial score (nSPS) is 11.1. The maximum Gasteiger partial charge on any atom is 0.203 e. The molecule has 4 heteroatoms. The minimum atomic E-state index is -0.355. The molecule has 0 saturated carbocycles. The van der Waals surface area contributed by atoms with E-state index >= 15 is 0 Å². The Balaban J connectivity index is 2.14. The molecule has 0 aromatic heterocycles. The lowest BCUT2D eigenvalue weighted by Crippen LogP contribution is -2.03. The Morgan fingerprint density at radius 3 is 2.67 bits per heavy atom. The van der Waals surface area contributed by atoms with Gasteiger partial charge in [0.1, 0.15) is 23.1 Å². The van der Waals surface area contributed by atoms with E-state index in [4.69, 9.17) is 9.47 Å². The molecule has 0 amide bonds. The largest absolute Gasteiger partial charge is 0.497 e. The van der Waals surface area contributed by atoms with E-state index in [0.717, 1.165) is 16.3 Å². The summed E-state index contributed by atoms with van der Waals surface area (Å²) in [6, 6.07) is 20.4. The van der Waals surface area contributed by atoms with E-state index in [2.05, 4.69) is 0 Å². The number of rotatable bonds is 6. The molecular formula is C23H19NO3. The molecule has 0 aliphatic rings. The van der Waals surface area contributed by atoms with E-state index in [1.807, 2.05) is 49.4 Å². The molecule has 0 heterocycles. The van der Waals surface area contributed by atoms with Gasteiger partial charge in [-0.1, -0.05) is 42.5 Å². The number of benzene rings is 3. The van der Waals surface area contributed by atoms with Gasteiger partial charge < -0.3 is 9.47 Å². The molecule has 3 aromatic carbocycles. The Hall–Kier alpha value is -3.58. The van der Waals surface area contributed by atoms with Crippen LogP contribution in [0.25, 0.3) is 16.8 Å². The van der Waals surface area contributed by atoms with Crippen molar-refractivity contribution in [1.29, 1.82) is 5.26 Å². The van der Waals surface area contributed by atoms with Crippen LogP contribution in [0.1, 0.15) is 22.8 Å². The Labute approximate surface area is 158 Å². The lowest BCUT2D eigenvalue weighted by molar-refractivity contribution is 0.103. The molecule has 4 nitrogen and oxygen atoms in total. The lowest BCUT2D eigenvalue weighted by Gasteiger charge is -2.11.